The number of nitrogens with zero attached hydrogens (tertiary/aromatic N) is 2. The van der Waals surface area contributed by atoms with E-state index >= 15 is 0 Å². The number of benzene rings is 1. The Kier molecular flexibility index (Phi) is 9.04. The highest BCUT2D eigenvalue weighted by Gasteiger charge is 2.28. The number of carbonyl (C=O) groups is 1. The fourth-order valence-electron chi connectivity index (χ4n) is 3.22. The molecule has 1 aromatic heterocycles. The molecular formula is C19H27Cl2N3OS. The van der Waals surface area contributed by atoms with Crippen LogP contribution in [-0.4, -0.2) is 35.9 Å². The van der Waals surface area contributed by atoms with Crippen LogP contribution in [0.2, 0.25) is 0 Å². The van der Waals surface area contributed by atoms with E-state index in [4.69, 9.17) is 4.98 Å². The summed E-state index contributed by atoms with van der Waals surface area (Å²) in [6.07, 6.45) is 2.07. The quantitative estimate of drug-likeness (QED) is 0.799. The number of hydrogen-bond acceptors (Lipinski definition) is 4. The Morgan fingerprint density at radius 1 is 1.31 bits per heavy atom. The first-order chi connectivity index (χ1) is 11.6. The van der Waals surface area contributed by atoms with Gasteiger partial charge in [0.15, 0.2) is 0 Å². The summed E-state index contributed by atoms with van der Waals surface area (Å²) in [6.45, 7) is 5.96. The Balaban J connectivity index is 0.00000169. The van der Waals surface area contributed by atoms with E-state index in [9.17, 15) is 4.79 Å². The second-order valence-electron chi connectivity index (χ2n) is 6.50. The normalized spacial score (nSPS) is 17.6. The minimum absolute atomic E-state index is 0. The van der Waals surface area contributed by atoms with Crippen LogP contribution < -0.4 is 5.32 Å². The first kappa shape index (κ1) is 22.9. The number of hydrogen-bond donors (Lipinski definition) is 1. The third-order valence-corrected chi connectivity index (χ3v) is 6.18. The number of halogens is 2. The van der Waals surface area contributed by atoms with Crippen LogP contribution in [0.3, 0.4) is 0 Å². The summed E-state index contributed by atoms with van der Waals surface area (Å²) in [5, 5.41) is 4.35. The molecular weight excluding hydrogens is 389 g/mol. The van der Waals surface area contributed by atoms with E-state index in [-0.39, 0.29) is 42.7 Å². The highest BCUT2D eigenvalue weighted by molar-refractivity contribution is 7.15. The van der Waals surface area contributed by atoms with Gasteiger partial charge in [-0.1, -0.05) is 30.3 Å². The van der Waals surface area contributed by atoms with Crippen molar-refractivity contribution < 1.29 is 4.79 Å². The summed E-state index contributed by atoms with van der Waals surface area (Å²) in [5.41, 5.74) is 2.15. The van der Waals surface area contributed by atoms with Crippen molar-refractivity contribution in [1.29, 1.82) is 0 Å². The monoisotopic (exact) mass is 415 g/mol. The zero-order valence-electron chi connectivity index (χ0n) is 15.4. The van der Waals surface area contributed by atoms with Crippen molar-refractivity contribution in [2.45, 2.75) is 32.7 Å². The predicted octanol–water partition coefficient (Wildman–Crippen LogP) is 4.48. The van der Waals surface area contributed by atoms with Crippen LogP contribution in [0.15, 0.2) is 30.3 Å². The van der Waals surface area contributed by atoms with E-state index in [0.717, 1.165) is 42.2 Å². The van der Waals surface area contributed by atoms with Gasteiger partial charge in [0.1, 0.15) is 5.01 Å². The van der Waals surface area contributed by atoms with E-state index in [2.05, 4.69) is 24.4 Å². The maximum atomic E-state index is 12.8. The van der Waals surface area contributed by atoms with E-state index < -0.39 is 0 Å². The Bertz CT molecular complexity index is 702. The molecule has 1 amide bonds. The number of carbonyl (C=O) groups excluding carboxylic acids is 1. The maximum absolute atomic E-state index is 12.8. The molecule has 1 aliphatic heterocycles. The average molecular weight is 416 g/mol. The number of rotatable bonds is 4. The lowest BCUT2D eigenvalue weighted by molar-refractivity contribution is -0.136. The molecule has 0 spiro atoms. The van der Waals surface area contributed by atoms with Gasteiger partial charge in [0, 0.05) is 19.2 Å². The van der Waals surface area contributed by atoms with Gasteiger partial charge < -0.3 is 10.2 Å². The molecule has 1 N–H and O–H groups in total. The second kappa shape index (κ2) is 10.3. The first-order valence-electron chi connectivity index (χ1n) is 8.58. The Morgan fingerprint density at radius 2 is 2.00 bits per heavy atom. The molecule has 2 aromatic rings. The fraction of sp³-hybridized carbons (Fsp3) is 0.474. The van der Waals surface area contributed by atoms with Crippen molar-refractivity contribution in [3.05, 3.63) is 40.9 Å². The minimum Gasteiger partial charge on any atom is -0.338 e. The van der Waals surface area contributed by atoms with Crippen LogP contribution >= 0.6 is 36.2 Å². The molecule has 0 aliphatic carbocycles. The predicted molar refractivity (Wildman–Crippen MR) is 114 cm³/mol. The third kappa shape index (κ3) is 4.97. The molecule has 26 heavy (non-hydrogen) atoms. The van der Waals surface area contributed by atoms with E-state index in [1.165, 1.54) is 4.88 Å². The number of thiazole rings is 1. The smallest absolute Gasteiger partial charge is 0.227 e. The number of piperidine rings is 1. The largest absolute Gasteiger partial charge is 0.338 e. The number of amides is 1. The van der Waals surface area contributed by atoms with Gasteiger partial charge in [-0.05, 0) is 33.2 Å². The van der Waals surface area contributed by atoms with Gasteiger partial charge in [0.25, 0.3) is 0 Å². The second-order valence-corrected chi connectivity index (χ2v) is 7.53. The van der Waals surface area contributed by atoms with Crippen LogP contribution in [0.25, 0.3) is 10.6 Å². The number of aryl methyl sites for hydroxylation is 1. The number of nitrogens with one attached hydrogen (secondary N) is 1. The van der Waals surface area contributed by atoms with Gasteiger partial charge in [-0.3, -0.25) is 4.79 Å². The molecule has 4 nitrogen and oxygen atoms in total. The van der Waals surface area contributed by atoms with Crippen molar-refractivity contribution in [3.8, 4) is 10.6 Å². The Hall–Kier alpha value is -1.14. The standard InChI is InChI=1S/C19H25N3OS.2ClH/c1-13-17(24-18(21-13)15-8-5-4-6-9-15)14(2)22(3)19(23)16-10-7-11-20-12-16;;/h4-6,8-9,14,16,20H,7,10-12H2,1-3H3;2*1H. The first-order valence-corrected chi connectivity index (χ1v) is 9.39. The van der Waals surface area contributed by atoms with Crippen LogP contribution in [0.1, 0.15) is 36.4 Å². The van der Waals surface area contributed by atoms with Gasteiger partial charge in [0.2, 0.25) is 5.91 Å². The van der Waals surface area contributed by atoms with Crippen molar-refractivity contribution in [2.75, 3.05) is 20.1 Å². The molecule has 0 bridgehead atoms. The Morgan fingerprint density at radius 3 is 2.62 bits per heavy atom. The summed E-state index contributed by atoms with van der Waals surface area (Å²) in [4.78, 5) is 20.6. The van der Waals surface area contributed by atoms with Crippen LogP contribution in [0.5, 0.6) is 0 Å². The summed E-state index contributed by atoms with van der Waals surface area (Å²) in [5.74, 6) is 0.344. The molecule has 2 heterocycles. The maximum Gasteiger partial charge on any atom is 0.227 e. The molecule has 1 fully saturated rings. The highest BCUT2D eigenvalue weighted by atomic mass is 35.5. The molecule has 144 valence electrons. The molecule has 0 radical (unpaired) electrons. The van der Waals surface area contributed by atoms with Gasteiger partial charge in [-0.25, -0.2) is 4.98 Å². The van der Waals surface area contributed by atoms with E-state index in [0.29, 0.717) is 0 Å². The SMILES string of the molecule is Cc1nc(-c2ccccc2)sc1C(C)N(C)C(=O)C1CCCNC1.Cl.Cl. The zero-order chi connectivity index (χ0) is 17.1. The Labute approximate surface area is 172 Å². The molecule has 2 atom stereocenters. The van der Waals surface area contributed by atoms with Crippen molar-refractivity contribution in [2.24, 2.45) is 5.92 Å². The van der Waals surface area contributed by atoms with Gasteiger partial charge >= 0.3 is 0 Å². The molecule has 0 saturated carbocycles. The number of aromatic nitrogens is 1. The van der Waals surface area contributed by atoms with Crippen molar-refractivity contribution in [3.63, 3.8) is 0 Å². The van der Waals surface area contributed by atoms with Crippen LogP contribution in [0, 0.1) is 12.8 Å². The molecule has 2 unspecified atom stereocenters. The average Bonchev–Trinajstić information content (AvgIpc) is 3.03. The molecule has 1 saturated heterocycles. The van der Waals surface area contributed by atoms with E-state index in [1.807, 2.05) is 37.1 Å². The van der Waals surface area contributed by atoms with Gasteiger partial charge in [0.05, 0.1) is 22.5 Å². The molecule has 3 rings (SSSR count). The van der Waals surface area contributed by atoms with Gasteiger partial charge in [-0.15, -0.1) is 36.2 Å². The van der Waals surface area contributed by atoms with E-state index in [1.54, 1.807) is 11.3 Å². The summed E-state index contributed by atoms with van der Waals surface area (Å²) in [6, 6.07) is 10.3. The highest BCUT2D eigenvalue weighted by Crippen LogP contribution is 2.34. The topological polar surface area (TPSA) is 45.2 Å². The van der Waals surface area contributed by atoms with Gasteiger partial charge in [-0.2, -0.15) is 0 Å². The summed E-state index contributed by atoms with van der Waals surface area (Å²) >= 11 is 1.69. The lowest BCUT2D eigenvalue weighted by atomic mass is 9.97. The van der Waals surface area contributed by atoms with Crippen LogP contribution in [-0.2, 0) is 4.79 Å². The minimum atomic E-state index is 0. The van der Waals surface area contributed by atoms with Crippen molar-refractivity contribution >= 4 is 42.1 Å². The summed E-state index contributed by atoms with van der Waals surface area (Å²) in [7, 11) is 1.92. The summed E-state index contributed by atoms with van der Waals surface area (Å²) < 4.78 is 0. The van der Waals surface area contributed by atoms with Crippen molar-refractivity contribution in [1.82, 2.24) is 15.2 Å². The fourth-order valence-corrected chi connectivity index (χ4v) is 4.38. The molecule has 1 aromatic carbocycles. The molecule has 1 aliphatic rings. The zero-order valence-corrected chi connectivity index (χ0v) is 17.8. The third-order valence-electron chi connectivity index (χ3n) is 4.81. The lowest BCUT2D eigenvalue weighted by Crippen LogP contribution is -2.42. The van der Waals surface area contributed by atoms with Crippen LogP contribution in [0.4, 0.5) is 0 Å². The molecule has 7 heteroatoms. The lowest BCUT2D eigenvalue weighted by Gasteiger charge is -2.30.